The van der Waals surface area contributed by atoms with Gasteiger partial charge in [0.05, 0.1) is 13.0 Å². The molecule has 1 saturated heterocycles. The monoisotopic (exact) mass is 148 g/mol. The van der Waals surface area contributed by atoms with Gasteiger partial charge in [-0.25, -0.2) is 0 Å². The first-order valence-electron chi connectivity index (χ1n) is 2.74. The van der Waals surface area contributed by atoms with Crippen LogP contribution in [0.4, 0.5) is 0 Å². The Balaban J connectivity index is 2.19. The molecule has 4 heteroatoms. The van der Waals surface area contributed by atoms with E-state index < -0.39 is 5.97 Å². The number of aliphatic carboxylic acids is 1. The molecule has 1 N–H and O–H groups in total. The Labute approximate surface area is 57.4 Å². The summed E-state index contributed by atoms with van der Waals surface area (Å²) < 4.78 is 5.05. The summed E-state index contributed by atoms with van der Waals surface area (Å²) in [6, 6.07) is 0. The van der Waals surface area contributed by atoms with E-state index in [4.69, 9.17) is 9.84 Å². The quantitative estimate of drug-likeness (QED) is 0.621. The highest BCUT2D eigenvalue weighted by atomic mass is 32.2. The summed E-state index contributed by atoms with van der Waals surface area (Å²) >= 11 is 1.57. The lowest BCUT2D eigenvalue weighted by atomic mass is 10.5. The fraction of sp³-hybridized carbons (Fsp3) is 0.800. The van der Waals surface area contributed by atoms with Crippen molar-refractivity contribution in [3.63, 3.8) is 0 Å². The summed E-state index contributed by atoms with van der Waals surface area (Å²) in [6.07, 6.45) is 0.130. The van der Waals surface area contributed by atoms with E-state index in [2.05, 4.69) is 0 Å². The van der Waals surface area contributed by atoms with Crippen LogP contribution >= 0.6 is 11.8 Å². The van der Waals surface area contributed by atoms with Crippen LogP contribution in [0.1, 0.15) is 6.42 Å². The van der Waals surface area contributed by atoms with Crippen molar-refractivity contribution in [1.82, 2.24) is 0 Å². The van der Waals surface area contributed by atoms with Gasteiger partial charge in [0.15, 0.2) is 0 Å². The molecule has 9 heavy (non-hydrogen) atoms. The molecule has 0 aliphatic carbocycles. The second kappa shape index (κ2) is 3.08. The summed E-state index contributed by atoms with van der Waals surface area (Å²) in [5.74, 6) is 0.146. The molecule has 52 valence electrons. The average Bonchev–Trinajstić information content (AvgIpc) is 2.15. The molecule has 1 aliphatic heterocycles. The first kappa shape index (κ1) is 6.89. The van der Waals surface area contributed by atoms with Crippen molar-refractivity contribution in [2.45, 2.75) is 11.9 Å². The molecular formula is C5H8O3S. The average molecular weight is 148 g/mol. The minimum Gasteiger partial charge on any atom is -0.481 e. The molecular weight excluding hydrogens is 140 g/mol. The molecule has 0 bridgehead atoms. The lowest BCUT2D eigenvalue weighted by Crippen LogP contribution is -2.08. The Morgan fingerprint density at radius 2 is 2.67 bits per heavy atom. The van der Waals surface area contributed by atoms with Crippen LogP contribution in [0.5, 0.6) is 0 Å². The number of hydrogen-bond acceptors (Lipinski definition) is 3. The van der Waals surface area contributed by atoms with Crippen molar-refractivity contribution >= 4 is 17.7 Å². The molecule has 0 radical (unpaired) electrons. The minimum absolute atomic E-state index is 0.0949. The van der Waals surface area contributed by atoms with E-state index in [1.54, 1.807) is 11.8 Å². The van der Waals surface area contributed by atoms with E-state index in [9.17, 15) is 4.79 Å². The van der Waals surface area contributed by atoms with Crippen molar-refractivity contribution in [3.05, 3.63) is 0 Å². The van der Waals surface area contributed by atoms with Gasteiger partial charge in [0, 0.05) is 5.75 Å². The first-order valence-corrected chi connectivity index (χ1v) is 3.79. The van der Waals surface area contributed by atoms with Crippen molar-refractivity contribution in [1.29, 1.82) is 0 Å². The van der Waals surface area contributed by atoms with Crippen LogP contribution in [0.15, 0.2) is 0 Å². The van der Waals surface area contributed by atoms with E-state index in [1.165, 1.54) is 0 Å². The van der Waals surface area contributed by atoms with Gasteiger partial charge < -0.3 is 9.84 Å². The second-order valence-corrected chi connectivity index (χ2v) is 3.04. The molecule has 1 atom stereocenters. The van der Waals surface area contributed by atoms with Crippen LogP contribution in [0.3, 0.4) is 0 Å². The lowest BCUT2D eigenvalue weighted by molar-refractivity contribution is -0.138. The van der Waals surface area contributed by atoms with E-state index in [-0.39, 0.29) is 11.9 Å². The predicted octanol–water partition coefficient (Wildman–Crippen LogP) is 0.551. The van der Waals surface area contributed by atoms with Crippen LogP contribution in [-0.2, 0) is 9.53 Å². The fourth-order valence-electron chi connectivity index (χ4n) is 0.668. The number of carbonyl (C=O) groups is 1. The lowest BCUT2D eigenvalue weighted by Gasteiger charge is -2.01. The van der Waals surface area contributed by atoms with Crippen molar-refractivity contribution < 1.29 is 14.6 Å². The first-order chi connectivity index (χ1) is 4.29. The van der Waals surface area contributed by atoms with Gasteiger partial charge in [-0.15, -0.1) is 11.8 Å². The Bertz CT molecular complexity index is 109. The maximum absolute atomic E-state index is 10.1. The Hall–Kier alpha value is -0.220. The summed E-state index contributed by atoms with van der Waals surface area (Å²) in [4.78, 5) is 10.1. The van der Waals surface area contributed by atoms with Crippen LogP contribution in [0, 0.1) is 0 Å². The molecule has 0 aromatic rings. The van der Waals surface area contributed by atoms with Crippen LogP contribution in [0.25, 0.3) is 0 Å². The predicted molar refractivity (Wildman–Crippen MR) is 34.5 cm³/mol. The van der Waals surface area contributed by atoms with Gasteiger partial charge in [0.1, 0.15) is 5.44 Å². The molecule has 3 nitrogen and oxygen atoms in total. The molecule has 1 aliphatic rings. The number of rotatable bonds is 2. The van der Waals surface area contributed by atoms with Gasteiger partial charge in [0.25, 0.3) is 0 Å². The smallest absolute Gasteiger partial charge is 0.306 e. The number of thioether (sulfide) groups is 1. The van der Waals surface area contributed by atoms with E-state index in [0.717, 1.165) is 5.75 Å². The largest absolute Gasteiger partial charge is 0.481 e. The van der Waals surface area contributed by atoms with E-state index in [0.29, 0.717) is 6.61 Å². The normalized spacial score (nSPS) is 26.4. The topological polar surface area (TPSA) is 46.5 Å². The molecule has 1 rings (SSSR count). The summed E-state index contributed by atoms with van der Waals surface area (Å²) in [6.45, 7) is 0.697. The van der Waals surface area contributed by atoms with Gasteiger partial charge >= 0.3 is 5.97 Å². The maximum Gasteiger partial charge on any atom is 0.306 e. The maximum atomic E-state index is 10.1. The van der Waals surface area contributed by atoms with E-state index in [1.807, 2.05) is 0 Å². The molecule has 0 aromatic heterocycles. The zero-order chi connectivity index (χ0) is 6.69. The Kier molecular flexibility index (Phi) is 2.36. The number of ether oxygens (including phenoxy) is 1. The highest BCUT2D eigenvalue weighted by molar-refractivity contribution is 8.00. The van der Waals surface area contributed by atoms with Gasteiger partial charge in [-0.3, -0.25) is 4.79 Å². The minimum atomic E-state index is -0.783. The highest BCUT2D eigenvalue weighted by Gasteiger charge is 2.18. The molecule has 0 amide bonds. The number of hydrogen-bond donors (Lipinski definition) is 1. The third-order valence-electron chi connectivity index (χ3n) is 1.03. The van der Waals surface area contributed by atoms with Gasteiger partial charge in [-0.1, -0.05) is 0 Å². The van der Waals surface area contributed by atoms with Crippen molar-refractivity contribution in [2.75, 3.05) is 12.4 Å². The summed E-state index contributed by atoms with van der Waals surface area (Å²) in [7, 11) is 0. The zero-order valence-electron chi connectivity index (χ0n) is 4.87. The zero-order valence-corrected chi connectivity index (χ0v) is 5.69. The third kappa shape index (κ3) is 2.24. The number of carboxylic acids is 1. The Morgan fingerprint density at radius 1 is 1.89 bits per heavy atom. The van der Waals surface area contributed by atoms with Crippen molar-refractivity contribution in [2.24, 2.45) is 0 Å². The highest BCUT2D eigenvalue weighted by Crippen LogP contribution is 2.21. The summed E-state index contributed by atoms with van der Waals surface area (Å²) in [5, 5.41) is 8.28. The van der Waals surface area contributed by atoms with E-state index >= 15 is 0 Å². The molecule has 0 aromatic carbocycles. The fourth-order valence-corrected chi connectivity index (χ4v) is 1.58. The SMILES string of the molecule is O=C(O)C[C@H]1OCCS1. The van der Waals surface area contributed by atoms with Crippen LogP contribution in [0.2, 0.25) is 0 Å². The van der Waals surface area contributed by atoms with Gasteiger partial charge in [0.2, 0.25) is 0 Å². The molecule has 0 saturated carbocycles. The second-order valence-electron chi connectivity index (χ2n) is 1.77. The third-order valence-corrected chi connectivity index (χ3v) is 2.11. The summed E-state index contributed by atoms with van der Waals surface area (Å²) in [5.41, 5.74) is -0.0949. The van der Waals surface area contributed by atoms with Crippen LogP contribution < -0.4 is 0 Å². The number of carboxylic acid groups (broad SMARTS) is 1. The van der Waals surface area contributed by atoms with Gasteiger partial charge in [-0.05, 0) is 0 Å². The molecule has 1 heterocycles. The Morgan fingerprint density at radius 3 is 3.11 bits per heavy atom. The standard InChI is InChI=1S/C5H8O3S/c6-4(7)3-5-8-1-2-9-5/h5H,1-3H2,(H,6,7)/t5-/m0/s1. The van der Waals surface area contributed by atoms with Crippen LogP contribution in [-0.4, -0.2) is 28.9 Å². The van der Waals surface area contributed by atoms with Gasteiger partial charge in [-0.2, -0.15) is 0 Å². The molecule has 1 fully saturated rings. The van der Waals surface area contributed by atoms with Crippen molar-refractivity contribution in [3.8, 4) is 0 Å². The molecule has 0 unspecified atom stereocenters. The molecule has 0 spiro atoms.